The van der Waals surface area contributed by atoms with Gasteiger partial charge < -0.3 is 9.84 Å². The van der Waals surface area contributed by atoms with E-state index in [1.54, 1.807) is 18.2 Å². The van der Waals surface area contributed by atoms with Crippen molar-refractivity contribution in [1.82, 2.24) is 0 Å². The fraction of sp³-hybridized carbons (Fsp3) is 0.200. The molecule has 0 radical (unpaired) electrons. The van der Waals surface area contributed by atoms with Gasteiger partial charge in [-0.25, -0.2) is 0 Å². The van der Waals surface area contributed by atoms with Gasteiger partial charge in [-0.05, 0) is 6.07 Å². The van der Waals surface area contributed by atoms with E-state index in [0.717, 1.165) is 4.48 Å². The van der Waals surface area contributed by atoms with Crippen LogP contribution in [0.15, 0.2) is 29.3 Å². The van der Waals surface area contributed by atoms with E-state index in [-0.39, 0.29) is 6.61 Å². The van der Waals surface area contributed by atoms with Crippen molar-refractivity contribution < 1.29 is 9.84 Å². The van der Waals surface area contributed by atoms with E-state index < -0.39 is 0 Å². The van der Waals surface area contributed by atoms with Gasteiger partial charge in [0.1, 0.15) is 12.4 Å². The molecule has 0 heterocycles. The Kier molecular flexibility index (Phi) is 4.45. The maximum atomic E-state index is 9.04. The maximum absolute atomic E-state index is 9.04. The molecule has 0 aliphatic rings. The minimum atomic E-state index is -0.0926. The van der Waals surface area contributed by atoms with E-state index in [9.17, 15) is 0 Å². The molecule has 0 amide bonds. The summed E-state index contributed by atoms with van der Waals surface area (Å²) in [6, 6.07) is 5.24. The molecular weight excluding hydrogens is 267 g/mol. The van der Waals surface area contributed by atoms with E-state index in [4.69, 9.17) is 21.4 Å². The third-order valence-corrected chi connectivity index (χ3v) is 2.12. The summed E-state index contributed by atoms with van der Waals surface area (Å²) >= 11 is 9.09. The molecule has 0 atom stereocenters. The Balaban J connectivity index is 2.87. The van der Waals surface area contributed by atoms with Crippen molar-refractivity contribution in [1.29, 1.82) is 0 Å². The number of halogens is 2. The van der Waals surface area contributed by atoms with Gasteiger partial charge in [0, 0.05) is 10.0 Å². The second kappa shape index (κ2) is 5.39. The van der Waals surface area contributed by atoms with Crippen molar-refractivity contribution in [2.75, 3.05) is 6.61 Å². The van der Waals surface area contributed by atoms with Crippen molar-refractivity contribution >= 4 is 27.5 Å². The lowest BCUT2D eigenvalue weighted by Gasteiger charge is -2.10. The van der Waals surface area contributed by atoms with E-state index >= 15 is 0 Å². The highest BCUT2D eigenvalue weighted by atomic mass is 79.9. The van der Waals surface area contributed by atoms with E-state index in [1.165, 1.54) is 0 Å². The fourth-order valence-corrected chi connectivity index (χ4v) is 1.35. The number of hydrogen-bond acceptors (Lipinski definition) is 2. The van der Waals surface area contributed by atoms with Gasteiger partial charge >= 0.3 is 0 Å². The molecule has 0 aliphatic carbocycles. The Morgan fingerprint density at radius 1 is 1.57 bits per heavy atom. The zero-order valence-corrected chi connectivity index (χ0v) is 9.81. The minimum Gasteiger partial charge on any atom is -0.486 e. The molecule has 0 saturated heterocycles. The molecule has 1 rings (SSSR count). The van der Waals surface area contributed by atoms with Crippen molar-refractivity contribution in [2.45, 2.75) is 6.61 Å². The third kappa shape index (κ3) is 3.01. The smallest absolute Gasteiger partial charge is 0.143 e. The van der Waals surface area contributed by atoms with E-state index in [0.29, 0.717) is 22.9 Å². The first kappa shape index (κ1) is 11.6. The summed E-state index contributed by atoms with van der Waals surface area (Å²) in [5.74, 6) is 0.511. The van der Waals surface area contributed by atoms with Gasteiger partial charge in [-0.2, -0.15) is 0 Å². The molecule has 0 saturated carbocycles. The monoisotopic (exact) mass is 276 g/mol. The van der Waals surface area contributed by atoms with Gasteiger partial charge in [-0.3, -0.25) is 0 Å². The number of rotatable bonds is 4. The molecule has 76 valence electrons. The van der Waals surface area contributed by atoms with Crippen LogP contribution in [-0.4, -0.2) is 11.7 Å². The summed E-state index contributed by atoms with van der Waals surface area (Å²) in [5.41, 5.74) is 0.672. The summed E-state index contributed by atoms with van der Waals surface area (Å²) < 4.78 is 6.11. The zero-order chi connectivity index (χ0) is 10.6. The Bertz CT molecular complexity index is 339. The topological polar surface area (TPSA) is 29.5 Å². The lowest BCUT2D eigenvalue weighted by atomic mass is 10.2. The van der Waals surface area contributed by atoms with Crippen LogP contribution < -0.4 is 4.74 Å². The van der Waals surface area contributed by atoms with Gasteiger partial charge in [-0.15, -0.1) is 0 Å². The number of hydrogen-bond donors (Lipinski definition) is 1. The molecule has 4 heteroatoms. The van der Waals surface area contributed by atoms with Gasteiger partial charge in [0.05, 0.1) is 11.6 Å². The summed E-state index contributed by atoms with van der Waals surface area (Å²) in [7, 11) is 0. The van der Waals surface area contributed by atoms with Crippen LogP contribution in [-0.2, 0) is 6.61 Å². The lowest BCUT2D eigenvalue weighted by molar-refractivity contribution is 0.270. The summed E-state index contributed by atoms with van der Waals surface area (Å²) in [6.45, 7) is 3.88. The van der Waals surface area contributed by atoms with Gasteiger partial charge in [-0.1, -0.05) is 46.2 Å². The lowest BCUT2D eigenvalue weighted by Crippen LogP contribution is -2.00. The van der Waals surface area contributed by atoms with Crippen molar-refractivity contribution in [3.8, 4) is 5.75 Å². The van der Waals surface area contributed by atoms with Crippen molar-refractivity contribution in [3.05, 3.63) is 39.8 Å². The molecule has 0 aliphatic heterocycles. The normalized spacial score (nSPS) is 9.93. The van der Waals surface area contributed by atoms with Crippen LogP contribution in [0.25, 0.3) is 0 Å². The molecule has 0 unspecified atom stereocenters. The number of aliphatic hydroxyl groups is 1. The maximum Gasteiger partial charge on any atom is 0.143 e. The van der Waals surface area contributed by atoms with Crippen LogP contribution in [0.5, 0.6) is 5.75 Å². The van der Waals surface area contributed by atoms with Crippen LogP contribution in [0.3, 0.4) is 0 Å². The molecule has 14 heavy (non-hydrogen) atoms. The molecule has 0 spiro atoms. The van der Waals surface area contributed by atoms with Gasteiger partial charge in [0.25, 0.3) is 0 Å². The summed E-state index contributed by atoms with van der Waals surface area (Å²) in [6.07, 6.45) is 0. The highest BCUT2D eigenvalue weighted by Crippen LogP contribution is 2.29. The van der Waals surface area contributed by atoms with E-state index in [2.05, 4.69) is 22.5 Å². The Morgan fingerprint density at radius 3 is 2.86 bits per heavy atom. The molecule has 0 aromatic heterocycles. The number of ether oxygens (including phenoxy) is 1. The van der Waals surface area contributed by atoms with Crippen LogP contribution in [0, 0.1) is 0 Å². The minimum absolute atomic E-state index is 0.0926. The molecule has 1 N–H and O–H groups in total. The standard InChI is InChI=1S/C10H10BrClO2/c1-7(11)6-14-10-8(5-13)3-2-4-9(10)12/h2-4,13H,1,5-6H2. The van der Waals surface area contributed by atoms with Gasteiger partial charge in [0.2, 0.25) is 0 Å². The first-order valence-corrected chi connectivity index (χ1v) is 5.16. The molecule has 0 bridgehead atoms. The zero-order valence-electron chi connectivity index (χ0n) is 7.46. The molecular formula is C10H10BrClO2. The quantitative estimate of drug-likeness (QED) is 0.916. The first-order chi connectivity index (χ1) is 6.65. The van der Waals surface area contributed by atoms with Crippen molar-refractivity contribution in [3.63, 3.8) is 0 Å². The second-order valence-electron chi connectivity index (χ2n) is 2.69. The predicted molar refractivity (Wildman–Crippen MR) is 60.9 cm³/mol. The number of benzene rings is 1. The SMILES string of the molecule is C=C(Br)COc1c(Cl)cccc1CO. The largest absolute Gasteiger partial charge is 0.486 e. The van der Waals surface area contributed by atoms with E-state index in [1.807, 2.05) is 0 Å². The Hall–Kier alpha value is -0.510. The number of aliphatic hydroxyl groups excluding tert-OH is 1. The highest BCUT2D eigenvalue weighted by Gasteiger charge is 2.07. The van der Waals surface area contributed by atoms with Crippen LogP contribution in [0.1, 0.15) is 5.56 Å². The van der Waals surface area contributed by atoms with Crippen LogP contribution in [0.4, 0.5) is 0 Å². The van der Waals surface area contributed by atoms with Gasteiger partial charge in [0.15, 0.2) is 0 Å². The van der Waals surface area contributed by atoms with Crippen molar-refractivity contribution in [2.24, 2.45) is 0 Å². The Labute approximate surface area is 96.3 Å². The molecule has 2 nitrogen and oxygen atoms in total. The first-order valence-electron chi connectivity index (χ1n) is 3.99. The van der Waals surface area contributed by atoms with Crippen LogP contribution >= 0.6 is 27.5 Å². The number of para-hydroxylation sites is 1. The summed E-state index contributed by atoms with van der Waals surface area (Å²) in [4.78, 5) is 0. The Morgan fingerprint density at radius 2 is 2.29 bits per heavy atom. The molecule has 1 aromatic rings. The fourth-order valence-electron chi connectivity index (χ4n) is 0.990. The average molecular weight is 278 g/mol. The highest BCUT2D eigenvalue weighted by molar-refractivity contribution is 9.11. The second-order valence-corrected chi connectivity index (χ2v) is 4.22. The third-order valence-electron chi connectivity index (χ3n) is 1.59. The predicted octanol–water partition coefficient (Wildman–Crippen LogP) is 3.12. The molecule has 1 aromatic carbocycles. The average Bonchev–Trinajstić information content (AvgIpc) is 2.15. The van der Waals surface area contributed by atoms with Crippen LogP contribution in [0.2, 0.25) is 5.02 Å². The summed E-state index contributed by atoms with van der Waals surface area (Å²) in [5, 5.41) is 9.53. The molecule has 0 fully saturated rings.